The molecule has 27 heavy (non-hydrogen) atoms. The van der Waals surface area contributed by atoms with Crippen molar-refractivity contribution in [3.8, 4) is 11.3 Å². The molecule has 0 saturated carbocycles. The molecule has 0 fully saturated rings. The number of nitrogens with zero attached hydrogens (tertiary/aromatic N) is 2. The van der Waals surface area contributed by atoms with Crippen molar-refractivity contribution in [3.63, 3.8) is 0 Å². The number of fused-ring (bicyclic) bond motifs is 1. The van der Waals surface area contributed by atoms with E-state index in [0.29, 0.717) is 6.54 Å². The van der Waals surface area contributed by atoms with E-state index in [-0.39, 0.29) is 5.91 Å². The van der Waals surface area contributed by atoms with Gasteiger partial charge in [0.15, 0.2) is 0 Å². The van der Waals surface area contributed by atoms with Crippen LogP contribution in [0.3, 0.4) is 0 Å². The molecule has 0 radical (unpaired) electrons. The monoisotopic (exact) mass is 361 g/mol. The van der Waals surface area contributed by atoms with E-state index in [4.69, 9.17) is 4.98 Å². The quantitative estimate of drug-likeness (QED) is 0.669. The van der Waals surface area contributed by atoms with Crippen LogP contribution in [-0.4, -0.2) is 43.0 Å². The summed E-state index contributed by atoms with van der Waals surface area (Å²) >= 11 is 0. The molecule has 2 aromatic carbocycles. The minimum Gasteiger partial charge on any atom is -0.352 e. The van der Waals surface area contributed by atoms with Gasteiger partial charge in [-0.15, -0.1) is 0 Å². The summed E-state index contributed by atoms with van der Waals surface area (Å²) in [5.74, 6) is -0.0294. The number of carbonyl (C=O) groups excluding carboxylic acids is 1. The normalized spacial score (nSPS) is 11.1. The molecule has 0 bridgehead atoms. The molecule has 1 aromatic heterocycles. The molecule has 0 aliphatic carbocycles. The maximum atomic E-state index is 13.0. The van der Waals surface area contributed by atoms with E-state index >= 15 is 0 Å². The summed E-state index contributed by atoms with van der Waals surface area (Å²) in [6.07, 6.45) is 0.922. The fourth-order valence-corrected chi connectivity index (χ4v) is 3.28. The van der Waals surface area contributed by atoms with Gasteiger partial charge < -0.3 is 10.2 Å². The first-order chi connectivity index (χ1) is 13.0. The summed E-state index contributed by atoms with van der Waals surface area (Å²) < 4.78 is 0. The fraction of sp³-hybridized carbons (Fsp3) is 0.304. The third-order valence-electron chi connectivity index (χ3n) is 4.76. The van der Waals surface area contributed by atoms with Crippen LogP contribution >= 0.6 is 0 Å². The lowest BCUT2D eigenvalue weighted by molar-refractivity contribution is 0.0953. The number of aryl methyl sites for hydroxylation is 1. The number of pyridine rings is 1. The number of rotatable bonds is 6. The molecule has 1 N–H and O–H groups in total. The minimum atomic E-state index is -0.0294. The number of para-hydroxylation sites is 1. The Labute approximate surface area is 161 Å². The standard InChI is InChI=1S/C23H27N3O/c1-16-10-12-18(13-11-16)22-17(2)21(19-8-5-6-9-20(19)25-22)23(27)24-14-7-15-26(3)4/h5-6,8-13H,7,14-15H2,1-4H3,(H,24,27). The van der Waals surface area contributed by atoms with Crippen LogP contribution in [0.4, 0.5) is 0 Å². The van der Waals surface area contributed by atoms with E-state index in [1.165, 1.54) is 5.56 Å². The highest BCUT2D eigenvalue weighted by Gasteiger charge is 2.18. The Balaban J connectivity index is 2.01. The average Bonchev–Trinajstić information content (AvgIpc) is 2.65. The number of hydrogen-bond acceptors (Lipinski definition) is 3. The number of aromatic nitrogens is 1. The van der Waals surface area contributed by atoms with Gasteiger partial charge in [-0.1, -0.05) is 48.0 Å². The van der Waals surface area contributed by atoms with Crippen LogP contribution in [0.2, 0.25) is 0 Å². The van der Waals surface area contributed by atoms with E-state index in [1.807, 2.05) is 45.3 Å². The average molecular weight is 361 g/mol. The first-order valence-corrected chi connectivity index (χ1v) is 9.36. The Morgan fingerprint density at radius 1 is 1.04 bits per heavy atom. The highest BCUT2D eigenvalue weighted by Crippen LogP contribution is 2.29. The lowest BCUT2D eigenvalue weighted by Gasteiger charge is -2.15. The smallest absolute Gasteiger partial charge is 0.252 e. The van der Waals surface area contributed by atoms with Gasteiger partial charge in [0.1, 0.15) is 0 Å². The van der Waals surface area contributed by atoms with Crippen molar-refractivity contribution >= 4 is 16.8 Å². The van der Waals surface area contributed by atoms with Gasteiger partial charge in [-0.25, -0.2) is 4.98 Å². The van der Waals surface area contributed by atoms with Crippen LogP contribution < -0.4 is 5.32 Å². The number of benzene rings is 2. The molecular formula is C23H27N3O. The molecule has 1 amide bonds. The Hall–Kier alpha value is -2.72. The van der Waals surface area contributed by atoms with E-state index < -0.39 is 0 Å². The van der Waals surface area contributed by atoms with Gasteiger partial charge in [0.25, 0.3) is 5.91 Å². The van der Waals surface area contributed by atoms with E-state index in [9.17, 15) is 4.79 Å². The summed E-state index contributed by atoms with van der Waals surface area (Å²) in [4.78, 5) is 20.0. The van der Waals surface area contributed by atoms with Crippen LogP contribution in [0.5, 0.6) is 0 Å². The molecule has 4 nitrogen and oxygen atoms in total. The summed E-state index contributed by atoms with van der Waals surface area (Å²) in [5, 5.41) is 3.98. The molecule has 0 unspecified atom stereocenters. The van der Waals surface area contributed by atoms with E-state index in [0.717, 1.165) is 46.3 Å². The van der Waals surface area contributed by atoms with Gasteiger partial charge in [0.2, 0.25) is 0 Å². The van der Waals surface area contributed by atoms with Crippen molar-refractivity contribution in [1.82, 2.24) is 15.2 Å². The first-order valence-electron chi connectivity index (χ1n) is 9.36. The van der Waals surface area contributed by atoms with Gasteiger partial charge in [-0.2, -0.15) is 0 Å². The third kappa shape index (κ3) is 4.34. The second kappa shape index (κ2) is 8.31. The molecule has 0 saturated heterocycles. The lowest BCUT2D eigenvalue weighted by Crippen LogP contribution is -2.28. The number of nitrogens with one attached hydrogen (secondary N) is 1. The molecule has 0 aliphatic rings. The molecule has 0 atom stereocenters. The predicted octanol–water partition coefficient (Wildman–Crippen LogP) is 4.20. The lowest BCUT2D eigenvalue weighted by atomic mass is 9.96. The zero-order valence-electron chi connectivity index (χ0n) is 16.5. The van der Waals surface area contributed by atoms with Crippen LogP contribution in [0.15, 0.2) is 48.5 Å². The molecule has 3 aromatic rings. The number of carbonyl (C=O) groups is 1. The summed E-state index contributed by atoms with van der Waals surface area (Å²) in [6.45, 7) is 5.67. The van der Waals surface area contributed by atoms with Gasteiger partial charge >= 0.3 is 0 Å². The highest BCUT2D eigenvalue weighted by molar-refractivity contribution is 6.08. The molecule has 3 rings (SSSR count). The van der Waals surface area contributed by atoms with E-state index in [1.54, 1.807) is 0 Å². The molecular weight excluding hydrogens is 334 g/mol. The minimum absolute atomic E-state index is 0.0294. The maximum Gasteiger partial charge on any atom is 0.252 e. The molecule has 4 heteroatoms. The maximum absolute atomic E-state index is 13.0. The topological polar surface area (TPSA) is 45.2 Å². The summed E-state index contributed by atoms with van der Waals surface area (Å²) in [6, 6.07) is 16.1. The Kier molecular flexibility index (Phi) is 5.87. The molecule has 0 spiro atoms. The largest absolute Gasteiger partial charge is 0.352 e. The van der Waals surface area contributed by atoms with Crippen LogP contribution in [-0.2, 0) is 0 Å². The highest BCUT2D eigenvalue weighted by atomic mass is 16.1. The fourth-order valence-electron chi connectivity index (χ4n) is 3.28. The van der Waals surface area contributed by atoms with Crippen LogP contribution in [0, 0.1) is 13.8 Å². The summed E-state index contributed by atoms with van der Waals surface area (Å²) in [5.41, 5.74) is 5.59. The van der Waals surface area contributed by atoms with Crippen molar-refractivity contribution in [3.05, 3.63) is 65.2 Å². The third-order valence-corrected chi connectivity index (χ3v) is 4.76. The van der Waals surface area contributed by atoms with Crippen molar-refractivity contribution < 1.29 is 4.79 Å². The SMILES string of the molecule is Cc1ccc(-c2nc3ccccc3c(C(=O)NCCCN(C)C)c2C)cc1. The van der Waals surface area contributed by atoms with Gasteiger partial charge in [0.05, 0.1) is 16.8 Å². The van der Waals surface area contributed by atoms with Crippen molar-refractivity contribution in [2.24, 2.45) is 0 Å². The molecule has 0 aliphatic heterocycles. The van der Waals surface area contributed by atoms with Gasteiger partial charge in [-0.05, 0) is 52.5 Å². The second-order valence-corrected chi connectivity index (χ2v) is 7.26. The van der Waals surface area contributed by atoms with Crippen molar-refractivity contribution in [1.29, 1.82) is 0 Å². The van der Waals surface area contributed by atoms with Crippen LogP contribution in [0.25, 0.3) is 22.2 Å². The zero-order valence-corrected chi connectivity index (χ0v) is 16.5. The Morgan fingerprint density at radius 3 is 2.44 bits per heavy atom. The van der Waals surface area contributed by atoms with Crippen LogP contribution in [0.1, 0.15) is 27.9 Å². The van der Waals surface area contributed by atoms with Gasteiger partial charge in [0, 0.05) is 17.5 Å². The first kappa shape index (κ1) is 19.1. The Bertz CT molecular complexity index is 946. The molecule has 1 heterocycles. The zero-order chi connectivity index (χ0) is 19.4. The van der Waals surface area contributed by atoms with E-state index in [2.05, 4.69) is 41.4 Å². The Morgan fingerprint density at radius 2 is 1.74 bits per heavy atom. The van der Waals surface area contributed by atoms with Gasteiger partial charge in [-0.3, -0.25) is 4.79 Å². The van der Waals surface area contributed by atoms with Crippen molar-refractivity contribution in [2.75, 3.05) is 27.2 Å². The predicted molar refractivity (Wildman–Crippen MR) is 112 cm³/mol. The van der Waals surface area contributed by atoms with Crippen molar-refractivity contribution in [2.45, 2.75) is 20.3 Å². The second-order valence-electron chi connectivity index (χ2n) is 7.26. The number of amides is 1. The summed E-state index contributed by atoms with van der Waals surface area (Å²) in [7, 11) is 4.08. The number of hydrogen-bond donors (Lipinski definition) is 1. The molecule has 140 valence electrons.